The molecule has 0 radical (unpaired) electrons. The molecule has 0 aromatic carbocycles. The number of ketones is 1. The first-order valence-electron chi connectivity index (χ1n) is 11.3. The molecule has 0 aromatic rings. The van der Waals surface area contributed by atoms with Gasteiger partial charge >= 0.3 is 5.97 Å². The predicted octanol–water partition coefficient (Wildman–Crippen LogP) is 6.10. The molecule has 0 N–H and O–H groups in total. The molecule has 0 aliphatic heterocycles. The second kappa shape index (κ2) is 9.24. The Labute approximate surface area is 170 Å². The third-order valence-corrected chi connectivity index (χ3v) is 7.01. The van der Waals surface area contributed by atoms with Crippen molar-refractivity contribution in [1.82, 2.24) is 0 Å². The Morgan fingerprint density at radius 2 is 2.00 bits per heavy atom. The summed E-state index contributed by atoms with van der Waals surface area (Å²) in [5, 5.41) is 0. The van der Waals surface area contributed by atoms with Crippen LogP contribution < -0.4 is 0 Å². The van der Waals surface area contributed by atoms with Crippen LogP contribution in [0.25, 0.3) is 0 Å². The van der Waals surface area contributed by atoms with Crippen molar-refractivity contribution in [2.24, 2.45) is 17.3 Å². The Balaban J connectivity index is 1.71. The van der Waals surface area contributed by atoms with E-state index in [1.807, 2.05) is 6.08 Å². The summed E-state index contributed by atoms with van der Waals surface area (Å²) in [5.41, 5.74) is 4.03. The molecule has 0 bridgehead atoms. The number of rotatable bonds is 8. The van der Waals surface area contributed by atoms with Crippen molar-refractivity contribution >= 4 is 11.8 Å². The molecule has 0 aromatic heterocycles. The van der Waals surface area contributed by atoms with Gasteiger partial charge in [-0.25, -0.2) is 0 Å². The quantitative estimate of drug-likeness (QED) is 0.375. The summed E-state index contributed by atoms with van der Waals surface area (Å²) >= 11 is 0. The van der Waals surface area contributed by atoms with Crippen LogP contribution in [-0.4, -0.2) is 18.4 Å². The van der Waals surface area contributed by atoms with Gasteiger partial charge in [0.2, 0.25) is 0 Å². The molecule has 3 aliphatic rings. The van der Waals surface area contributed by atoms with Gasteiger partial charge in [-0.15, -0.1) is 0 Å². The van der Waals surface area contributed by atoms with Gasteiger partial charge in [-0.05, 0) is 60.3 Å². The lowest BCUT2D eigenvalue weighted by molar-refractivity contribution is -0.147. The van der Waals surface area contributed by atoms with Crippen molar-refractivity contribution in [3.05, 3.63) is 34.9 Å². The van der Waals surface area contributed by atoms with Crippen molar-refractivity contribution in [3.8, 4) is 0 Å². The van der Waals surface area contributed by atoms with E-state index in [2.05, 4.69) is 32.9 Å². The standard InChI is InChI=1S/C25H36O3/c1-4-6-7-8-9-24(27)28-17-25(3)15-14-21-20-13-11-19(26)16-18(20)10-12-22(21)23(25)5-2/h14-16,22-23H,4-13,17H2,1-3H3/t22-,23+,25-/m1/s1. The maximum absolute atomic E-state index is 12.2. The highest BCUT2D eigenvalue weighted by Gasteiger charge is 2.43. The van der Waals surface area contributed by atoms with Gasteiger partial charge in [0.15, 0.2) is 5.78 Å². The molecule has 154 valence electrons. The molecule has 0 spiro atoms. The van der Waals surface area contributed by atoms with Crippen LogP contribution in [0.1, 0.15) is 85.0 Å². The molecular formula is C25H36O3. The minimum Gasteiger partial charge on any atom is -0.465 e. The number of ether oxygens (including phenoxy) is 1. The van der Waals surface area contributed by atoms with Gasteiger partial charge in [-0.3, -0.25) is 9.59 Å². The van der Waals surface area contributed by atoms with E-state index in [1.54, 1.807) is 0 Å². The maximum atomic E-state index is 12.2. The Hall–Kier alpha value is -1.64. The molecule has 0 saturated heterocycles. The fourth-order valence-corrected chi connectivity index (χ4v) is 5.42. The van der Waals surface area contributed by atoms with Crippen LogP contribution >= 0.6 is 0 Å². The number of allylic oxidation sites excluding steroid dienone is 5. The van der Waals surface area contributed by atoms with Crippen molar-refractivity contribution in [3.63, 3.8) is 0 Å². The molecule has 3 heteroatoms. The van der Waals surface area contributed by atoms with Crippen LogP contribution in [0, 0.1) is 17.3 Å². The summed E-state index contributed by atoms with van der Waals surface area (Å²) in [4.78, 5) is 24.0. The highest BCUT2D eigenvalue weighted by atomic mass is 16.5. The van der Waals surface area contributed by atoms with Gasteiger partial charge in [0.25, 0.3) is 0 Å². The molecule has 0 amide bonds. The molecule has 3 atom stereocenters. The third kappa shape index (κ3) is 4.50. The van der Waals surface area contributed by atoms with Gasteiger partial charge in [-0.1, -0.05) is 58.6 Å². The van der Waals surface area contributed by atoms with E-state index >= 15 is 0 Å². The lowest BCUT2D eigenvalue weighted by atomic mass is 9.59. The second-order valence-electron chi connectivity index (χ2n) is 9.04. The molecule has 3 aliphatic carbocycles. The summed E-state index contributed by atoms with van der Waals surface area (Å²) in [6, 6.07) is 0. The SMILES string of the molecule is CCCCCCC(=O)OC[C@@]1(C)C=CC2=C3CCC(=O)C=C3CC[C@H]2[C@@H]1CC. The number of carbonyl (C=O) groups excluding carboxylic acids is 2. The zero-order valence-corrected chi connectivity index (χ0v) is 17.9. The highest BCUT2D eigenvalue weighted by molar-refractivity contribution is 5.93. The number of fused-ring (bicyclic) bond motifs is 2. The van der Waals surface area contributed by atoms with Crippen LogP contribution in [0.15, 0.2) is 34.9 Å². The van der Waals surface area contributed by atoms with E-state index in [-0.39, 0.29) is 17.2 Å². The molecule has 28 heavy (non-hydrogen) atoms. The first kappa shape index (κ1) is 21.1. The third-order valence-electron chi connectivity index (χ3n) is 7.01. The molecule has 3 nitrogen and oxygen atoms in total. The molecule has 0 saturated carbocycles. The number of carbonyl (C=O) groups is 2. The lowest BCUT2D eigenvalue weighted by Gasteiger charge is -2.46. The Morgan fingerprint density at radius 1 is 1.18 bits per heavy atom. The highest BCUT2D eigenvalue weighted by Crippen LogP contribution is 2.51. The summed E-state index contributed by atoms with van der Waals surface area (Å²) in [6.07, 6.45) is 16.1. The van der Waals surface area contributed by atoms with E-state index in [0.29, 0.717) is 31.3 Å². The number of esters is 1. The largest absolute Gasteiger partial charge is 0.465 e. The second-order valence-corrected chi connectivity index (χ2v) is 9.04. The van der Waals surface area contributed by atoms with Gasteiger partial charge in [-0.2, -0.15) is 0 Å². The van der Waals surface area contributed by atoms with Gasteiger partial charge in [0.05, 0.1) is 0 Å². The van der Waals surface area contributed by atoms with Crippen molar-refractivity contribution in [2.75, 3.05) is 6.61 Å². The minimum absolute atomic E-state index is 0.0515. The average molecular weight is 385 g/mol. The molecular weight excluding hydrogens is 348 g/mol. The number of hydrogen-bond acceptors (Lipinski definition) is 3. The van der Waals surface area contributed by atoms with Crippen LogP contribution in [0.4, 0.5) is 0 Å². The number of hydrogen-bond donors (Lipinski definition) is 0. The molecule has 0 unspecified atom stereocenters. The fraction of sp³-hybridized carbons (Fsp3) is 0.680. The summed E-state index contributed by atoms with van der Waals surface area (Å²) in [6.45, 7) is 7.17. The molecule has 3 rings (SSSR count). The van der Waals surface area contributed by atoms with E-state index in [1.165, 1.54) is 29.6 Å². The summed E-state index contributed by atoms with van der Waals surface area (Å²) < 4.78 is 5.73. The maximum Gasteiger partial charge on any atom is 0.305 e. The smallest absolute Gasteiger partial charge is 0.305 e. The normalized spacial score (nSPS) is 29.2. The van der Waals surface area contributed by atoms with Crippen LogP contribution in [0.2, 0.25) is 0 Å². The van der Waals surface area contributed by atoms with Crippen LogP contribution in [-0.2, 0) is 14.3 Å². The van der Waals surface area contributed by atoms with E-state index in [9.17, 15) is 9.59 Å². The predicted molar refractivity (Wildman–Crippen MR) is 113 cm³/mol. The Kier molecular flexibility index (Phi) is 6.95. The van der Waals surface area contributed by atoms with E-state index in [4.69, 9.17) is 4.74 Å². The number of unbranched alkanes of at least 4 members (excludes halogenated alkanes) is 3. The molecule has 0 heterocycles. The zero-order chi connectivity index (χ0) is 20.1. The first-order valence-corrected chi connectivity index (χ1v) is 11.3. The minimum atomic E-state index is -0.103. The fourth-order valence-electron chi connectivity index (χ4n) is 5.42. The van der Waals surface area contributed by atoms with Crippen LogP contribution in [0.5, 0.6) is 0 Å². The van der Waals surface area contributed by atoms with Gasteiger partial charge in [0, 0.05) is 18.3 Å². The molecule has 0 fully saturated rings. The summed E-state index contributed by atoms with van der Waals surface area (Å²) in [7, 11) is 0. The van der Waals surface area contributed by atoms with Crippen LogP contribution in [0.3, 0.4) is 0 Å². The zero-order valence-electron chi connectivity index (χ0n) is 17.9. The van der Waals surface area contributed by atoms with Crippen molar-refractivity contribution < 1.29 is 14.3 Å². The average Bonchev–Trinajstić information content (AvgIpc) is 2.69. The van der Waals surface area contributed by atoms with Crippen molar-refractivity contribution in [1.29, 1.82) is 0 Å². The van der Waals surface area contributed by atoms with E-state index in [0.717, 1.165) is 38.5 Å². The van der Waals surface area contributed by atoms with E-state index < -0.39 is 0 Å². The van der Waals surface area contributed by atoms with Crippen molar-refractivity contribution in [2.45, 2.75) is 85.0 Å². The topological polar surface area (TPSA) is 43.4 Å². The van der Waals surface area contributed by atoms with Gasteiger partial charge in [0.1, 0.15) is 6.61 Å². The Morgan fingerprint density at radius 3 is 2.75 bits per heavy atom. The first-order chi connectivity index (χ1) is 13.5. The summed E-state index contributed by atoms with van der Waals surface area (Å²) in [5.74, 6) is 1.22. The van der Waals surface area contributed by atoms with Gasteiger partial charge < -0.3 is 4.74 Å². The Bertz CT molecular complexity index is 697. The lowest BCUT2D eigenvalue weighted by Crippen LogP contribution is -2.40. The monoisotopic (exact) mass is 384 g/mol.